The summed E-state index contributed by atoms with van der Waals surface area (Å²) in [5, 5.41) is 9.02. The number of para-hydroxylation sites is 1. The number of rotatable bonds is 5. The molecule has 0 amide bonds. The lowest BCUT2D eigenvalue weighted by molar-refractivity contribution is 0.200. The zero-order valence-corrected chi connectivity index (χ0v) is 11.4. The summed E-state index contributed by atoms with van der Waals surface area (Å²) in [5.41, 5.74) is 0.774. The number of hydrogen-bond donors (Lipinski definition) is 1. The number of benzene rings is 1. The van der Waals surface area contributed by atoms with Crippen molar-refractivity contribution in [2.45, 2.75) is 18.2 Å². The van der Waals surface area contributed by atoms with E-state index in [1.807, 2.05) is 24.0 Å². The van der Waals surface area contributed by atoms with Crippen LogP contribution in [0.4, 0.5) is 5.69 Å². The zero-order valence-electron chi connectivity index (χ0n) is 10.5. The van der Waals surface area contributed by atoms with Gasteiger partial charge in [0.05, 0.1) is 16.3 Å². The molecule has 0 aliphatic carbocycles. The van der Waals surface area contributed by atoms with E-state index in [1.54, 1.807) is 12.1 Å². The molecule has 0 aromatic heterocycles. The van der Waals surface area contributed by atoms with Crippen molar-refractivity contribution in [3.05, 3.63) is 24.3 Å². The zero-order chi connectivity index (χ0) is 13.2. The Balaban J connectivity index is 2.27. The summed E-state index contributed by atoms with van der Waals surface area (Å²) in [6.07, 6.45) is 0.621. The molecule has 0 radical (unpaired) electrons. The summed E-state index contributed by atoms with van der Waals surface area (Å²) in [7, 11) is -3.19. The molecular formula is C13H19NO3S. The maximum atomic E-state index is 12.2. The van der Waals surface area contributed by atoms with Crippen LogP contribution in [0.3, 0.4) is 0 Å². The number of hydrogen-bond acceptors (Lipinski definition) is 4. The van der Waals surface area contributed by atoms with E-state index in [-0.39, 0.29) is 18.3 Å². The van der Waals surface area contributed by atoms with Gasteiger partial charge in [-0.2, -0.15) is 0 Å². The third kappa shape index (κ3) is 2.52. The van der Waals surface area contributed by atoms with Gasteiger partial charge in [-0.25, -0.2) is 8.42 Å². The summed E-state index contributed by atoms with van der Waals surface area (Å²) < 4.78 is 24.3. The fourth-order valence-corrected chi connectivity index (χ4v) is 3.80. The van der Waals surface area contributed by atoms with Crippen LogP contribution in [0.15, 0.2) is 29.2 Å². The summed E-state index contributed by atoms with van der Waals surface area (Å²) in [6.45, 7) is 3.50. The average molecular weight is 269 g/mol. The van der Waals surface area contributed by atoms with Gasteiger partial charge in [0.2, 0.25) is 0 Å². The van der Waals surface area contributed by atoms with E-state index in [4.69, 9.17) is 5.11 Å². The third-order valence-corrected chi connectivity index (χ3v) is 5.19. The van der Waals surface area contributed by atoms with Crippen LogP contribution in [0.2, 0.25) is 0 Å². The van der Waals surface area contributed by atoms with E-state index in [0.29, 0.717) is 11.3 Å². The minimum atomic E-state index is -3.19. The summed E-state index contributed by atoms with van der Waals surface area (Å²) in [4.78, 5) is 2.44. The maximum Gasteiger partial charge on any atom is 0.180 e. The van der Waals surface area contributed by atoms with Crippen LogP contribution in [-0.2, 0) is 9.84 Å². The molecule has 0 bridgehead atoms. The Morgan fingerprint density at radius 2 is 2.00 bits per heavy atom. The molecule has 1 N–H and O–H groups in total. The van der Waals surface area contributed by atoms with Crippen molar-refractivity contribution >= 4 is 15.5 Å². The number of sulfone groups is 1. The van der Waals surface area contributed by atoms with Crippen LogP contribution in [0.5, 0.6) is 0 Å². The first-order chi connectivity index (χ1) is 8.58. The van der Waals surface area contributed by atoms with Crippen molar-refractivity contribution in [2.75, 3.05) is 30.3 Å². The van der Waals surface area contributed by atoms with Crippen molar-refractivity contribution in [1.82, 2.24) is 0 Å². The first kappa shape index (κ1) is 13.4. The van der Waals surface area contributed by atoms with Gasteiger partial charge in [0.15, 0.2) is 9.84 Å². The molecule has 0 atom stereocenters. The maximum absolute atomic E-state index is 12.2. The summed E-state index contributed by atoms with van der Waals surface area (Å²) in [6, 6.07) is 7.13. The number of nitrogens with zero attached hydrogens (tertiary/aromatic N) is 1. The molecule has 0 unspecified atom stereocenters. The van der Waals surface area contributed by atoms with E-state index in [0.717, 1.165) is 18.8 Å². The Hall–Kier alpha value is -1.07. The lowest BCUT2D eigenvalue weighted by Gasteiger charge is -2.41. The minimum absolute atomic E-state index is 0.167. The van der Waals surface area contributed by atoms with Gasteiger partial charge in [0, 0.05) is 25.6 Å². The molecule has 1 saturated heterocycles. The first-order valence-corrected chi connectivity index (χ1v) is 7.91. The normalized spacial score (nSPS) is 16.7. The van der Waals surface area contributed by atoms with Gasteiger partial charge in [-0.05, 0) is 18.6 Å². The van der Waals surface area contributed by atoms with Crippen LogP contribution in [-0.4, -0.2) is 39.0 Å². The highest BCUT2D eigenvalue weighted by molar-refractivity contribution is 7.91. The van der Waals surface area contributed by atoms with E-state index < -0.39 is 9.84 Å². The van der Waals surface area contributed by atoms with Crippen molar-refractivity contribution in [2.24, 2.45) is 5.92 Å². The van der Waals surface area contributed by atoms with E-state index in [2.05, 4.69) is 0 Å². The van der Waals surface area contributed by atoms with Crippen LogP contribution in [0.25, 0.3) is 0 Å². The van der Waals surface area contributed by atoms with E-state index in [1.165, 1.54) is 0 Å². The second kappa shape index (κ2) is 5.28. The molecule has 0 spiro atoms. The number of aliphatic hydroxyl groups excluding tert-OH is 1. The fraction of sp³-hybridized carbons (Fsp3) is 0.538. The van der Waals surface area contributed by atoms with Crippen molar-refractivity contribution in [1.29, 1.82) is 0 Å². The van der Waals surface area contributed by atoms with Gasteiger partial charge >= 0.3 is 0 Å². The Kier molecular flexibility index (Phi) is 3.92. The Labute approximate surface area is 108 Å². The molecule has 1 aromatic rings. The fourth-order valence-electron chi connectivity index (χ4n) is 2.24. The van der Waals surface area contributed by atoms with Crippen molar-refractivity contribution < 1.29 is 13.5 Å². The predicted octanol–water partition coefficient (Wildman–Crippen LogP) is 1.30. The second-order valence-electron chi connectivity index (χ2n) is 4.74. The average Bonchev–Trinajstić information content (AvgIpc) is 2.28. The Bertz CT molecular complexity index is 507. The largest absolute Gasteiger partial charge is 0.396 e. The number of aliphatic hydroxyl groups is 1. The molecule has 18 heavy (non-hydrogen) atoms. The van der Waals surface area contributed by atoms with Crippen LogP contribution in [0, 0.1) is 5.92 Å². The quantitative estimate of drug-likeness (QED) is 0.875. The molecule has 5 heteroatoms. The smallest absolute Gasteiger partial charge is 0.180 e. The molecule has 1 fully saturated rings. The molecule has 1 aliphatic heterocycles. The van der Waals surface area contributed by atoms with Gasteiger partial charge in [0.1, 0.15) is 0 Å². The minimum Gasteiger partial charge on any atom is -0.396 e. The van der Waals surface area contributed by atoms with E-state index in [9.17, 15) is 8.42 Å². The third-order valence-electron chi connectivity index (χ3n) is 3.23. The number of anilines is 1. The summed E-state index contributed by atoms with van der Waals surface area (Å²) in [5.74, 6) is 0.452. The van der Waals surface area contributed by atoms with Gasteiger partial charge in [-0.15, -0.1) is 0 Å². The van der Waals surface area contributed by atoms with Gasteiger partial charge < -0.3 is 10.0 Å². The molecule has 1 aliphatic rings. The van der Waals surface area contributed by atoms with Gasteiger partial charge in [-0.1, -0.05) is 19.1 Å². The molecule has 100 valence electrons. The molecule has 0 saturated carbocycles. The van der Waals surface area contributed by atoms with E-state index >= 15 is 0 Å². The molecule has 1 aromatic carbocycles. The topological polar surface area (TPSA) is 57.6 Å². The molecular weight excluding hydrogens is 250 g/mol. The van der Waals surface area contributed by atoms with Gasteiger partial charge in [0.25, 0.3) is 0 Å². The Morgan fingerprint density at radius 3 is 2.61 bits per heavy atom. The van der Waals surface area contributed by atoms with Crippen LogP contribution < -0.4 is 4.90 Å². The predicted molar refractivity (Wildman–Crippen MR) is 71.6 cm³/mol. The highest BCUT2D eigenvalue weighted by atomic mass is 32.2. The van der Waals surface area contributed by atoms with Crippen molar-refractivity contribution in [3.63, 3.8) is 0 Å². The molecule has 2 rings (SSSR count). The highest BCUT2D eigenvalue weighted by Crippen LogP contribution is 2.31. The lowest BCUT2D eigenvalue weighted by Crippen LogP contribution is -2.48. The first-order valence-electron chi connectivity index (χ1n) is 6.26. The summed E-state index contributed by atoms with van der Waals surface area (Å²) >= 11 is 0. The van der Waals surface area contributed by atoms with Crippen LogP contribution >= 0.6 is 0 Å². The highest BCUT2D eigenvalue weighted by Gasteiger charge is 2.30. The SMILES string of the molecule is CCCS(=O)(=O)c1ccccc1N1CC(CO)C1. The van der Waals surface area contributed by atoms with Gasteiger partial charge in [-0.3, -0.25) is 0 Å². The Morgan fingerprint density at radius 1 is 1.33 bits per heavy atom. The standard InChI is InChI=1S/C13H19NO3S/c1-2-7-18(16,17)13-6-4-3-5-12(13)14-8-11(9-14)10-15/h3-6,11,15H,2,7-10H2,1H3. The monoisotopic (exact) mass is 269 g/mol. The van der Waals surface area contributed by atoms with Crippen LogP contribution in [0.1, 0.15) is 13.3 Å². The molecule has 4 nitrogen and oxygen atoms in total. The lowest BCUT2D eigenvalue weighted by atomic mass is 10.0. The molecule has 1 heterocycles. The second-order valence-corrected chi connectivity index (χ2v) is 6.82. The van der Waals surface area contributed by atoms with Crippen molar-refractivity contribution in [3.8, 4) is 0 Å².